The van der Waals surface area contributed by atoms with Crippen molar-refractivity contribution in [3.63, 3.8) is 0 Å². The van der Waals surface area contributed by atoms with Crippen LogP contribution in [0.25, 0.3) is 11.4 Å². The van der Waals surface area contributed by atoms with Gasteiger partial charge in [-0.05, 0) is 30.9 Å². The van der Waals surface area contributed by atoms with Crippen molar-refractivity contribution in [2.75, 3.05) is 5.32 Å². The number of carbonyl (C=O) groups excluding carboxylic acids is 1. The number of carbonyl (C=O) groups is 1. The SMILES string of the molecule is CCc1cccc(C)c1NC(=O)CCCc1nc(-c2ccccc2)no1. The molecule has 5 heteroatoms. The van der Waals surface area contributed by atoms with Gasteiger partial charge in [-0.1, -0.05) is 60.6 Å². The first-order valence-electron chi connectivity index (χ1n) is 8.93. The summed E-state index contributed by atoms with van der Waals surface area (Å²) < 4.78 is 5.28. The highest BCUT2D eigenvalue weighted by atomic mass is 16.5. The topological polar surface area (TPSA) is 68.0 Å². The first kappa shape index (κ1) is 17.9. The highest BCUT2D eigenvalue weighted by molar-refractivity contribution is 5.92. The van der Waals surface area contributed by atoms with Gasteiger partial charge in [0, 0.05) is 24.1 Å². The van der Waals surface area contributed by atoms with E-state index in [4.69, 9.17) is 4.52 Å². The fraction of sp³-hybridized carbons (Fsp3) is 0.286. The number of nitrogens with zero attached hydrogens (tertiary/aromatic N) is 2. The molecule has 5 nitrogen and oxygen atoms in total. The fourth-order valence-corrected chi connectivity index (χ4v) is 2.86. The molecule has 0 spiro atoms. The molecule has 1 aromatic heterocycles. The Hall–Kier alpha value is -2.95. The minimum atomic E-state index is 0.0109. The number of hydrogen-bond acceptors (Lipinski definition) is 4. The molecule has 3 rings (SSSR count). The van der Waals surface area contributed by atoms with Crippen molar-refractivity contribution in [1.82, 2.24) is 10.1 Å². The third-order valence-electron chi connectivity index (χ3n) is 4.30. The monoisotopic (exact) mass is 349 g/mol. The Morgan fingerprint density at radius 3 is 2.69 bits per heavy atom. The van der Waals surface area contributed by atoms with Crippen molar-refractivity contribution in [3.05, 3.63) is 65.5 Å². The van der Waals surface area contributed by atoms with E-state index >= 15 is 0 Å². The molecule has 1 N–H and O–H groups in total. The molecule has 0 atom stereocenters. The van der Waals surface area contributed by atoms with Crippen molar-refractivity contribution < 1.29 is 9.32 Å². The van der Waals surface area contributed by atoms with Crippen LogP contribution in [0, 0.1) is 6.92 Å². The van der Waals surface area contributed by atoms with Crippen LogP contribution in [0.1, 0.15) is 36.8 Å². The van der Waals surface area contributed by atoms with Gasteiger partial charge in [-0.25, -0.2) is 0 Å². The zero-order chi connectivity index (χ0) is 18.4. The van der Waals surface area contributed by atoms with E-state index in [0.717, 1.165) is 28.8 Å². The molecule has 0 saturated heterocycles. The van der Waals surface area contributed by atoms with Gasteiger partial charge in [-0.15, -0.1) is 0 Å². The van der Waals surface area contributed by atoms with Gasteiger partial charge in [0.25, 0.3) is 0 Å². The number of anilines is 1. The fourth-order valence-electron chi connectivity index (χ4n) is 2.86. The Labute approximate surface area is 153 Å². The van der Waals surface area contributed by atoms with E-state index in [2.05, 4.69) is 22.4 Å². The Bertz CT molecular complexity index is 872. The number of aryl methyl sites for hydroxylation is 3. The molecule has 0 aliphatic carbocycles. The van der Waals surface area contributed by atoms with E-state index < -0.39 is 0 Å². The van der Waals surface area contributed by atoms with Crippen molar-refractivity contribution in [2.45, 2.75) is 39.5 Å². The summed E-state index contributed by atoms with van der Waals surface area (Å²) in [5.74, 6) is 1.15. The molecule has 0 radical (unpaired) electrons. The number of nitrogens with one attached hydrogen (secondary N) is 1. The van der Waals surface area contributed by atoms with Crippen LogP contribution < -0.4 is 5.32 Å². The molecule has 0 fully saturated rings. The van der Waals surface area contributed by atoms with Crippen LogP contribution in [0.2, 0.25) is 0 Å². The summed E-state index contributed by atoms with van der Waals surface area (Å²) in [7, 11) is 0. The lowest BCUT2D eigenvalue weighted by Gasteiger charge is -2.12. The second kappa shape index (κ2) is 8.43. The zero-order valence-corrected chi connectivity index (χ0v) is 15.2. The standard InChI is InChI=1S/C21H23N3O2/c1-3-16-12-7-9-15(2)20(16)22-18(25)13-8-14-19-23-21(24-26-19)17-10-5-4-6-11-17/h4-7,9-12H,3,8,13-14H2,1-2H3,(H,22,25). The molecule has 26 heavy (non-hydrogen) atoms. The largest absolute Gasteiger partial charge is 0.339 e. The Balaban J connectivity index is 1.53. The summed E-state index contributed by atoms with van der Waals surface area (Å²) in [6.07, 6.45) is 2.55. The smallest absolute Gasteiger partial charge is 0.226 e. The maximum atomic E-state index is 12.3. The predicted molar refractivity (Wildman–Crippen MR) is 102 cm³/mol. The quantitative estimate of drug-likeness (QED) is 0.678. The van der Waals surface area contributed by atoms with Crippen LogP contribution in [0.5, 0.6) is 0 Å². The summed E-state index contributed by atoms with van der Waals surface area (Å²) >= 11 is 0. The molecular formula is C21H23N3O2. The van der Waals surface area contributed by atoms with Gasteiger partial charge in [-0.3, -0.25) is 4.79 Å². The summed E-state index contributed by atoms with van der Waals surface area (Å²) in [6.45, 7) is 4.10. The lowest BCUT2D eigenvalue weighted by Crippen LogP contribution is -2.14. The molecule has 1 amide bonds. The van der Waals surface area contributed by atoms with Crippen molar-refractivity contribution >= 4 is 11.6 Å². The van der Waals surface area contributed by atoms with Gasteiger partial charge in [0.05, 0.1) is 0 Å². The van der Waals surface area contributed by atoms with E-state index in [1.54, 1.807) is 0 Å². The lowest BCUT2D eigenvalue weighted by atomic mass is 10.1. The summed E-state index contributed by atoms with van der Waals surface area (Å²) in [5.41, 5.74) is 4.10. The molecule has 0 aliphatic rings. The normalized spacial score (nSPS) is 10.7. The van der Waals surface area contributed by atoms with Gasteiger partial charge in [0.15, 0.2) is 0 Å². The van der Waals surface area contributed by atoms with E-state index in [-0.39, 0.29) is 5.91 Å². The molecule has 0 unspecified atom stereocenters. The molecular weight excluding hydrogens is 326 g/mol. The maximum Gasteiger partial charge on any atom is 0.226 e. The lowest BCUT2D eigenvalue weighted by molar-refractivity contribution is -0.116. The molecule has 3 aromatic rings. The zero-order valence-electron chi connectivity index (χ0n) is 15.2. The second-order valence-corrected chi connectivity index (χ2v) is 6.24. The molecule has 2 aromatic carbocycles. The highest BCUT2D eigenvalue weighted by Gasteiger charge is 2.11. The molecule has 0 bridgehead atoms. The number of hydrogen-bond donors (Lipinski definition) is 1. The molecule has 1 heterocycles. The van der Waals surface area contributed by atoms with E-state index in [9.17, 15) is 4.79 Å². The Kier molecular flexibility index (Phi) is 5.79. The van der Waals surface area contributed by atoms with E-state index in [0.29, 0.717) is 31.0 Å². The average molecular weight is 349 g/mol. The number of aromatic nitrogens is 2. The Morgan fingerprint density at radius 2 is 1.92 bits per heavy atom. The van der Waals surface area contributed by atoms with Crippen molar-refractivity contribution in [3.8, 4) is 11.4 Å². The van der Waals surface area contributed by atoms with Crippen LogP contribution in [0.15, 0.2) is 53.1 Å². The van der Waals surface area contributed by atoms with Gasteiger partial charge in [0.2, 0.25) is 17.6 Å². The third kappa shape index (κ3) is 4.36. The average Bonchev–Trinajstić information content (AvgIpc) is 3.13. The van der Waals surface area contributed by atoms with Gasteiger partial charge >= 0.3 is 0 Å². The number of para-hydroxylation sites is 1. The van der Waals surface area contributed by atoms with Crippen LogP contribution in [0.4, 0.5) is 5.69 Å². The summed E-state index contributed by atoms with van der Waals surface area (Å²) in [6, 6.07) is 15.8. The first-order valence-corrected chi connectivity index (χ1v) is 8.93. The maximum absolute atomic E-state index is 12.3. The minimum Gasteiger partial charge on any atom is -0.339 e. The molecule has 134 valence electrons. The van der Waals surface area contributed by atoms with Crippen molar-refractivity contribution in [2.24, 2.45) is 0 Å². The minimum absolute atomic E-state index is 0.0109. The van der Waals surface area contributed by atoms with Crippen LogP contribution in [-0.4, -0.2) is 16.0 Å². The first-order chi connectivity index (χ1) is 12.7. The van der Waals surface area contributed by atoms with Gasteiger partial charge in [-0.2, -0.15) is 4.98 Å². The molecule has 0 saturated carbocycles. The van der Waals surface area contributed by atoms with Gasteiger partial charge in [0.1, 0.15) is 0 Å². The Morgan fingerprint density at radius 1 is 1.12 bits per heavy atom. The number of amides is 1. The van der Waals surface area contributed by atoms with Crippen LogP contribution in [0.3, 0.4) is 0 Å². The van der Waals surface area contributed by atoms with Gasteiger partial charge < -0.3 is 9.84 Å². The van der Waals surface area contributed by atoms with Crippen molar-refractivity contribution in [1.29, 1.82) is 0 Å². The van der Waals surface area contributed by atoms with E-state index in [1.807, 2.05) is 55.5 Å². The van der Waals surface area contributed by atoms with Crippen LogP contribution in [-0.2, 0) is 17.6 Å². The summed E-state index contributed by atoms with van der Waals surface area (Å²) in [4.78, 5) is 16.7. The predicted octanol–water partition coefficient (Wildman–Crippen LogP) is 4.57. The second-order valence-electron chi connectivity index (χ2n) is 6.24. The van der Waals surface area contributed by atoms with Crippen LogP contribution >= 0.6 is 0 Å². The third-order valence-corrected chi connectivity index (χ3v) is 4.30. The molecule has 0 aliphatic heterocycles. The summed E-state index contributed by atoms with van der Waals surface area (Å²) in [5, 5.41) is 7.04. The number of rotatable bonds is 7. The highest BCUT2D eigenvalue weighted by Crippen LogP contribution is 2.21. The number of benzene rings is 2. The van der Waals surface area contributed by atoms with E-state index in [1.165, 1.54) is 0 Å².